The van der Waals surface area contributed by atoms with Crippen LogP contribution in [0.5, 0.6) is 0 Å². The number of nitrogens with zero attached hydrogens (tertiary/aromatic N) is 3. The number of piperidine rings is 1. The normalized spacial score (nSPS) is 19.4. The van der Waals surface area contributed by atoms with Crippen molar-refractivity contribution in [3.05, 3.63) is 22.8 Å². The molecular weight excluding hydrogens is 404 g/mol. The molecule has 0 aliphatic carbocycles. The highest BCUT2D eigenvalue weighted by Gasteiger charge is 2.33. The third kappa shape index (κ3) is 5.39. The largest absolute Gasteiger partial charge is 0.417 e. The highest BCUT2D eigenvalue weighted by molar-refractivity contribution is 6.33. The lowest BCUT2D eigenvalue weighted by atomic mass is 9.95. The number of carbonyl (C=O) groups excluding carboxylic acids is 1. The van der Waals surface area contributed by atoms with E-state index in [0.717, 1.165) is 44.9 Å². The van der Waals surface area contributed by atoms with Gasteiger partial charge in [-0.2, -0.15) is 13.2 Å². The van der Waals surface area contributed by atoms with E-state index in [1.165, 1.54) is 0 Å². The molecule has 1 N–H and O–H groups in total. The first kappa shape index (κ1) is 22.0. The Bertz CT molecular complexity index is 644. The van der Waals surface area contributed by atoms with Crippen molar-refractivity contribution in [2.45, 2.75) is 25.4 Å². The number of alkyl halides is 3. The standard InChI is InChI=1S/C17H22ClF3N4O.ClH/c18-14-10-13(17(19,20)21)11-23-15(14)24-7-2-12(3-8-24)16(26)25-6-1-4-22-5-9-25;/h10-12,22H,1-9H2;1H. The number of hydrogen-bond acceptors (Lipinski definition) is 4. The molecule has 0 radical (unpaired) electrons. The predicted molar refractivity (Wildman–Crippen MR) is 101 cm³/mol. The fourth-order valence-electron chi connectivity index (χ4n) is 3.48. The summed E-state index contributed by atoms with van der Waals surface area (Å²) in [5, 5.41) is 3.27. The molecule has 3 heterocycles. The Labute approximate surface area is 167 Å². The molecule has 2 fully saturated rings. The molecule has 27 heavy (non-hydrogen) atoms. The summed E-state index contributed by atoms with van der Waals surface area (Å²) in [6.07, 6.45) is -1.39. The Balaban J connectivity index is 0.00000261. The van der Waals surface area contributed by atoms with Crippen LogP contribution in [0, 0.1) is 5.92 Å². The zero-order chi connectivity index (χ0) is 18.7. The van der Waals surface area contributed by atoms with Crippen LogP contribution < -0.4 is 10.2 Å². The van der Waals surface area contributed by atoms with E-state index in [-0.39, 0.29) is 29.3 Å². The molecule has 1 aromatic heterocycles. The summed E-state index contributed by atoms with van der Waals surface area (Å²) in [6.45, 7) is 4.36. The van der Waals surface area contributed by atoms with E-state index in [4.69, 9.17) is 11.6 Å². The molecule has 0 spiro atoms. The molecule has 2 saturated heterocycles. The highest BCUT2D eigenvalue weighted by atomic mass is 35.5. The van der Waals surface area contributed by atoms with Crippen LogP contribution in [0.3, 0.4) is 0 Å². The first-order chi connectivity index (χ1) is 12.4. The second-order valence-electron chi connectivity index (χ2n) is 6.72. The molecule has 0 atom stereocenters. The van der Waals surface area contributed by atoms with Crippen molar-refractivity contribution in [2.75, 3.05) is 44.2 Å². The maximum absolute atomic E-state index is 12.7. The van der Waals surface area contributed by atoms with Crippen molar-refractivity contribution >= 4 is 35.7 Å². The summed E-state index contributed by atoms with van der Waals surface area (Å²) in [5.74, 6) is 0.488. The first-order valence-electron chi connectivity index (χ1n) is 8.83. The smallest absolute Gasteiger partial charge is 0.355 e. The Hall–Kier alpha value is -1.25. The summed E-state index contributed by atoms with van der Waals surface area (Å²) in [4.78, 5) is 20.4. The summed E-state index contributed by atoms with van der Waals surface area (Å²) in [5.41, 5.74) is -0.855. The number of nitrogens with one attached hydrogen (secondary N) is 1. The van der Waals surface area contributed by atoms with Crippen molar-refractivity contribution in [3.8, 4) is 0 Å². The van der Waals surface area contributed by atoms with Crippen molar-refractivity contribution in [1.29, 1.82) is 0 Å². The van der Waals surface area contributed by atoms with Crippen molar-refractivity contribution in [2.24, 2.45) is 5.92 Å². The van der Waals surface area contributed by atoms with Crippen molar-refractivity contribution in [1.82, 2.24) is 15.2 Å². The molecule has 5 nitrogen and oxygen atoms in total. The van der Waals surface area contributed by atoms with Gasteiger partial charge in [-0.25, -0.2) is 4.98 Å². The molecule has 0 saturated carbocycles. The zero-order valence-electron chi connectivity index (χ0n) is 14.8. The van der Waals surface area contributed by atoms with Crippen LogP contribution in [-0.2, 0) is 11.0 Å². The lowest BCUT2D eigenvalue weighted by Crippen LogP contribution is -2.44. The number of hydrogen-bond donors (Lipinski definition) is 1. The summed E-state index contributed by atoms with van der Waals surface area (Å²) in [6, 6.07) is 0.908. The third-order valence-electron chi connectivity index (χ3n) is 4.94. The number of carbonyl (C=O) groups is 1. The van der Waals surface area contributed by atoms with Gasteiger partial charge in [-0.15, -0.1) is 12.4 Å². The Kier molecular flexibility index (Phi) is 7.59. The SMILES string of the molecule is Cl.O=C(C1CCN(c2ncc(C(F)(F)F)cc2Cl)CC1)N1CCCNCC1. The molecule has 1 aromatic rings. The van der Waals surface area contributed by atoms with Gasteiger partial charge in [0.05, 0.1) is 10.6 Å². The van der Waals surface area contributed by atoms with Crippen LogP contribution in [0.2, 0.25) is 5.02 Å². The van der Waals surface area contributed by atoms with E-state index in [2.05, 4.69) is 10.3 Å². The third-order valence-corrected chi connectivity index (χ3v) is 5.22. The zero-order valence-corrected chi connectivity index (χ0v) is 16.3. The number of rotatable bonds is 2. The van der Waals surface area contributed by atoms with Crippen LogP contribution in [-0.4, -0.2) is 55.1 Å². The van der Waals surface area contributed by atoms with Gasteiger partial charge in [-0.1, -0.05) is 11.6 Å². The van der Waals surface area contributed by atoms with Crippen molar-refractivity contribution < 1.29 is 18.0 Å². The Morgan fingerprint density at radius 2 is 1.89 bits per heavy atom. The van der Waals surface area contributed by atoms with E-state index in [1.54, 1.807) is 0 Å². The molecule has 2 aliphatic rings. The number of halogens is 5. The molecule has 1 amide bonds. The van der Waals surface area contributed by atoms with Gasteiger partial charge in [-0.05, 0) is 31.9 Å². The van der Waals surface area contributed by atoms with Gasteiger partial charge in [0.15, 0.2) is 0 Å². The summed E-state index contributed by atoms with van der Waals surface area (Å²) >= 11 is 6.02. The Morgan fingerprint density at radius 3 is 2.52 bits per heavy atom. The van der Waals surface area contributed by atoms with Gasteiger partial charge in [0.1, 0.15) is 5.82 Å². The van der Waals surface area contributed by atoms with E-state index in [9.17, 15) is 18.0 Å². The monoisotopic (exact) mass is 426 g/mol. The van der Waals surface area contributed by atoms with Crippen molar-refractivity contribution in [3.63, 3.8) is 0 Å². The summed E-state index contributed by atoms with van der Waals surface area (Å²) < 4.78 is 38.2. The minimum absolute atomic E-state index is 0. The first-order valence-corrected chi connectivity index (χ1v) is 9.21. The van der Waals surface area contributed by atoms with Crippen LogP contribution in [0.4, 0.5) is 19.0 Å². The average molecular weight is 427 g/mol. The summed E-state index contributed by atoms with van der Waals surface area (Å²) in [7, 11) is 0. The van der Waals surface area contributed by atoms with Gasteiger partial charge < -0.3 is 15.1 Å². The fraction of sp³-hybridized carbons (Fsp3) is 0.647. The van der Waals surface area contributed by atoms with E-state index in [1.807, 2.05) is 9.80 Å². The quantitative estimate of drug-likeness (QED) is 0.788. The Morgan fingerprint density at radius 1 is 1.19 bits per heavy atom. The molecule has 0 unspecified atom stereocenters. The maximum atomic E-state index is 12.7. The molecule has 0 bridgehead atoms. The lowest BCUT2D eigenvalue weighted by Gasteiger charge is -2.35. The second-order valence-corrected chi connectivity index (χ2v) is 7.12. The van der Waals surface area contributed by atoms with Gasteiger partial charge in [0, 0.05) is 44.8 Å². The van der Waals surface area contributed by atoms with Crippen LogP contribution >= 0.6 is 24.0 Å². The maximum Gasteiger partial charge on any atom is 0.417 e. The fourth-order valence-corrected chi connectivity index (χ4v) is 3.77. The van der Waals surface area contributed by atoms with Crippen LogP contribution in [0.15, 0.2) is 12.3 Å². The molecular formula is C17H23Cl2F3N4O. The predicted octanol–water partition coefficient (Wildman–Crippen LogP) is 3.21. The number of aromatic nitrogens is 1. The molecule has 10 heteroatoms. The number of anilines is 1. The minimum atomic E-state index is -4.46. The topological polar surface area (TPSA) is 48.5 Å². The van der Waals surface area contributed by atoms with Crippen LogP contribution in [0.25, 0.3) is 0 Å². The number of amides is 1. The molecule has 0 aromatic carbocycles. The molecule has 2 aliphatic heterocycles. The van der Waals surface area contributed by atoms with Gasteiger partial charge in [-0.3, -0.25) is 4.79 Å². The van der Waals surface area contributed by atoms with E-state index >= 15 is 0 Å². The highest BCUT2D eigenvalue weighted by Crippen LogP contribution is 2.34. The molecule has 152 valence electrons. The van der Waals surface area contributed by atoms with Crippen LogP contribution in [0.1, 0.15) is 24.8 Å². The number of pyridine rings is 1. The van der Waals surface area contributed by atoms with E-state index < -0.39 is 11.7 Å². The van der Waals surface area contributed by atoms with Gasteiger partial charge in [0.25, 0.3) is 0 Å². The second kappa shape index (κ2) is 9.30. The van der Waals surface area contributed by atoms with Gasteiger partial charge >= 0.3 is 6.18 Å². The van der Waals surface area contributed by atoms with E-state index in [0.29, 0.717) is 31.7 Å². The van der Waals surface area contributed by atoms with Gasteiger partial charge in [0.2, 0.25) is 5.91 Å². The molecule has 3 rings (SSSR count). The average Bonchev–Trinajstić information content (AvgIpc) is 2.90. The lowest BCUT2D eigenvalue weighted by molar-refractivity contribution is -0.138. The minimum Gasteiger partial charge on any atom is -0.355 e.